The van der Waals surface area contributed by atoms with Crippen molar-refractivity contribution in [3.63, 3.8) is 0 Å². The second kappa shape index (κ2) is 4.22. The zero-order valence-corrected chi connectivity index (χ0v) is 12.1. The highest BCUT2D eigenvalue weighted by Gasteiger charge is 2.17. The minimum absolute atomic E-state index is 0.0616. The van der Waals surface area contributed by atoms with Crippen LogP contribution in [0.2, 0.25) is 0 Å². The zero-order valence-electron chi connectivity index (χ0n) is 12.1. The molecule has 4 rings (SSSR count). The summed E-state index contributed by atoms with van der Waals surface area (Å²) in [5.41, 5.74) is 4.81. The fourth-order valence-electron chi connectivity index (χ4n) is 3.04. The molecule has 0 bridgehead atoms. The molecule has 3 aromatic rings. The van der Waals surface area contributed by atoms with Gasteiger partial charge >= 0.3 is 0 Å². The van der Waals surface area contributed by atoms with E-state index in [0.717, 1.165) is 46.6 Å². The van der Waals surface area contributed by atoms with E-state index in [9.17, 15) is 4.79 Å². The number of pyridine rings is 2. The van der Waals surface area contributed by atoms with Crippen LogP contribution in [0, 0.1) is 6.92 Å². The van der Waals surface area contributed by atoms with Crippen LogP contribution in [-0.4, -0.2) is 20.7 Å². The number of nitrogens with zero attached hydrogens (tertiary/aromatic N) is 3. The summed E-state index contributed by atoms with van der Waals surface area (Å²) >= 11 is 0. The average Bonchev–Trinajstić information content (AvgIpc) is 3.06. The van der Waals surface area contributed by atoms with Crippen molar-refractivity contribution in [3.05, 3.63) is 52.2 Å². The second-order valence-corrected chi connectivity index (χ2v) is 5.47. The van der Waals surface area contributed by atoms with E-state index in [1.54, 1.807) is 10.8 Å². The summed E-state index contributed by atoms with van der Waals surface area (Å²) in [5, 5.41) is 4.25. The molecule has 106 valence electrons. The number of aryl methyl sites for hydroxylation is 2. The molecule has 0 amide bonds. The van der Waals surface area contributed by atoms with Crippen LogP contribution in [-0.2, 0) is 13.5 Å². The Bertz CT molecular complexity index is 920. The molecule has 1 aliphatic rings. The van der Waals surface area contributed by atoms with Crippen molar-refractivity contribution in [3.8, 4) is 5.69 Å². The normalized spacial score (nSPS) is 13.4. The Hall–Kier alpha value is -2.56. The highest BCUT2D eigenvalue weighted by Crippen LogP contribution is 2.24. The van der Waals surface area contributed by atoms with E-state index in [2.05, 4.69) is 16.4 Å². The fourth-order valence-corrected chi connectivity index (χ4v) is 3.04. The number of anilines is 1. The highest BCUT2D eigenvalue weighted by molar-refractivity contribution is 5.86. The van der Waals surface area contributed by atoms with E-state index in [0.29, 0.717) is 0 Å². The monoisotopic (exact) mass is 280 g/mol. The molecule has 0 aliphatic carbocycles. The lowest BCUT2D eigenvalue weighted by Crippen LogP contribution is -2.21. The van der Waals surface area contributed by atoms with Gasteiger partial charge in [0.05, 0.1) is 5.69 Å². The summed E-state index contributed by atoms with van der Waals surface area (Å²) in [6, 6.07) is 5.96. The van der Waals surface area contributed by atoms with E-state index in [-0.39, 0.29) is 5.56 Å². The largest absolute Gasteiger partial charge is 0.384 e. The SMILES string of the molecule is Cc1cc2c(-n3ccc4c(c3=O)CCN4)ccnc2n1C. The van der Waals surface area contributed by atoms with Gasteiger partial charge in [0.15, 0.2) is 0 Å². The lowest BCUT2D eigenvalue weighted by atomic mass is 10.2. The maximum atomic E-state index is 12.7. The van der Waals surface area contributed by atoms with E-state index >= 15 is 0 Å². The van der Waals surface area contributed by atoms with Crippen LogP contribution >= 0.6 is 0 Å². The molecule has 0 saturated carbocycles. The summed E-state index contributed by atoms with van der Waals surface area (Å²) in [6.45, 7) is 2.88. The smallest absolute Gasteiger partial charge is 0.260 e. The van der Waals surface area contributed by atoms with Crippen molar-refractivity contribution in [1.82, 2.24) is 14.1 Å². The van der Waals surface area contributed by atoms with E-state index < -0.39 is 0 Å². The number of hydrogen-bond acceptors (Lipinski definition) is 3. The molecule has 0 spiro atoms. The Morgan fingerprint density at radius 3 is 3.05 bits per heavy atom. The second-order valence-electron chi connectivity index (χ2n) is 5.47. The minimum Gasteiger partial charge on any atom is -0.384 e. The lowest BCUT2D eigenvalue weighted by molar-refractivity contribution is 0.900. The number of nitrogens with one attached hydrogen (secondary N) is 1. The Balaban J connectivity index is 2.04. The van der Waals surface area contributed by atoms with Crippen LogP contribution in [0.25, 0.3) is 16.7 Å². The van der Waals surface area contributed by atoms with Gasteiger partial charge in [-0.25, -0.2) is 4.98 Å². The van der Waals surface area contributed by atoms with E-state index in [1.807, 2.05) is 36.9 Å². The van der Waals surface area contributed by atoms with Gasteiger partial charge in [0.1, 0.15) is 5.65 Å². The third-order valence-corrected chi connectivity index (χ3v) is 4.29. The van der Waals surface area contributed by atoms with Crippen LogP contribution in [0.4, 0.5) is 5.69 Å². The molecule has 4 heterocycles. The van der Waals surface area contributed by atoms with Crippen LogP contribution in [0.15, 0.2) is 35.4 Å². The van der Waals surface area contributed by atoms with Gasteiger partial charge in [-0.1, -0.05) is 0 Å². The predicted molar refractivity (Wildman–Crippen MR) is 83.2 cm³/mol. The van der Waals surface area contributed by atoms with Crippen molar-refractivity contribution in [2.45, 2.75) is 13.3 Å². The van der Waals surface area contributed by atoms with Gasteiger partial charge < -0.3 is 9.88 Å². The molecule has 0 unspecified atom stereocenters. The summed E-state index contributed by atoms with van der Waals surface area (Å²) in [7, 11) is 1.99. The minimum atomic E-state index is 0.0616. The number of fused-ring (bicyclic) bond motifs is 2. The molecule has 5 heteroatoms. The maximum absolute atomic E-state index is 12.7. The van der Waals surface area contributed by atoms with Crippen LogP contribution < -0.4 is 10.9 Å². The molecular weight excluding hydrogens is 264 g/mol. The van der Waals surface area contributed by atoms with E-state index in [4.69, 9.17) is 0 Å². The Labute approximate surface area is 121 Å². The third kappa shape index (κ3) is 1.63. The molecule has 5 nitrogen and oxygen atoms in total. The topological polar surface area (TPSA) is 51.9 Å². The van der Waals surface area contributed by atoms with Crippen LogP contribution in [0.5, 0.6) is 0 Å². The molecule has 0 atom stereocenters. The molecule has 0 aromatic carbocycles. The highest BCUT2D eigenvalue weighted by atomic mass is 16.1. The molecule has 3 aromatic heterocycles. The standard InChI is InChI=1S/C16H16N4O/c1-10-9-12-14(4-7-18-15(12)19(10)2)20-8-5-13-11(16(20)21)3-6-17-13/h4-5,7-9,17H,3,6H2,1-2H3. The third-order valence-electron chi connectivity index (χ3n) is 4.29. The molecule has 21 heavy (non-hydrogen) atoms. The summed E-state index contributed by atoms with van der Waals surface area (Å²) in [4.78, 5) is 17.1. The zero-order chi connectivity index (χ0) is 14.6. The van der Waals surface area contributed by atoms with Gasteiger partial charge in [-0.2, -0.15) is 0 Å². The first-order valence-corrected chi connectivity index (χ1v) is 7.06. The molecule has 0 radical (unpaired) electrons. The number of hydrogen-bond donors (Lipinski definition) is 1. The van der Waals surface area contributed by atoms with Gasteiger partial charge in [0, 0.05) is 48.3 Å². The molecule has 1 N–H and O–H groups in total. The summed E-state index contributed by atoms with van der Waals surface area (Å²) in [6.07, 6.45) is 4.39. The van der Waals surface area contributed by atoms with Gasteiger partial charge in [-0.05, 0) is 31.5 Å². The number of rotatable bonds is 1. The quantitative estimate of drug-likeness (QED) is 0.742. The van der Waals surface area contributed by atoms with E-state index in [1.165, 1.54) is 0 Å². The van der Waals surface area contributed by atoms with Gasteiger partial charge in [-0.15, -0.1) is 0 Å². The Morgan fingerprint density at radius 1 is 1.33 bits per heavy atom. The Morgan fingerprint density at radius 2 is 2.19 bits per heavy atom. The van der Waals surface area contributed by atoms with Crippen molar-refractivity contribution in [2.75, 3.05) is 11.9 Å². The summed E-state index contributed by atoms with van der Waals surface area (Å²) < 4.78 is 3.77. The molecule has 0 fully saturated rings. The maximum Gasteiger partial charge on any atom is 0.260 e. The first kappa shape index (κ1) is 12.2. The average molecular weight is 280 g/mol. The first-order valence-electron chi connectivity index (χ1n) is 7.06. The van der Waals surface area contributed by atoms with Crippen LogP contribution in [0.1, 0.15) is 11.3 Å². The van der Waals surface area contributed by atoms with Crippen molar-refractivity contribution in [2.24, 2.45) is 7.05 Å². The predicted octanol–water partition coefficient (Wildman–Crippen LogP) is 2.00. The summed E-state index contributed by atoms with van der Waals surface area (Å²) in [5.74, 6) is 0. The van der Waals surface area contributed by atoms with Gasteiger partial charge in [-0.3, -0.25) is 9.36 Å². The van der Waals surface area contributed by atoms with Gasteiger partial charge in [0.25, 0.3) is 5.56 Å². The molecule has 0 saturated heterocycles. The Kier molecular flexibility index (Phi) is 2.45. The van der Waals surface area contributed by atoms with Crippen molar-refractivity contribution >= 4 is 16.7 Å². The van der Waals surface area contributed by atoms with Gasteiger partial charge in [0.2, 0.25) is 0 Å². The fraction of sp³-hybridized carbons (Fsp3) is 0.250. The van der Waals surface area contributed by atoms with Crippen molar-refractivity contribution < 1.29 is 0 Å². The van der Waals surface area contributed by atoms with Crippen LogP contribution in [0.3, 0.4) is 0 Å². The molecule has 1 aliphatic heterocycles. The van der Waals surface area contributed by atoms with Crippen molar-refractivity contribution in [1.29, 1.82) is 0 Å². The molecular formula is C16H16N4O. The number of aromatic nitrogens is 3. The lowest BCUT2D eigenvalue weighted by Gasteiger charge is -2.09. The first-order chi connectivity index (χ1) is 10.2.